The van der Waals surface area contributed by atoms with Crippen molar-refractivity contribution in [2.45, 2.75) is 18.9 Å². The molecule has 0 aliphatic carbocycles. The van der Waals surface area contributed by atoms with Gasteiger partial charge in [-0.15, -0.1) is 0 Å². The van der Waals surface area contributed by atoms with Crippen molar-refractivity contribution in [1.82, 2.24) is 16.1 Å². The van der Waals surface area contributed by atoms with Crippen molar-refractivity contribution in [1.29, 1.82) is 0 Å². The van der Waals surface area contributed by atoms with Crippen molar-refractivity contribution in [3.05, 3.63) is 0 Å². The van der Waals surface area contributed by atoms with E-state index < -0.39 is 0 Å². The van der Waals surface area contributed by atoms with E-state index in [0.29, 0.717) is 18.1 Å². The summed E-state index contributed by atoms with van der Waals surface area (Å²) in [6.07, 6.45) is 1.47. The highest BCUT2D eigenvalue weighted by Crippen LogP contribution is 2.04. The van der Waals surface area contributed by atoms with Crippen LogP contribution in [-0.2, 0) is 4.79 Å². The molecular formula is C6H12N4OS. The molecule has 0 bridgehead atoms. The van der Waals surface area contributed by atoms with Gasteiger partial charge in [0.05, 0.1) is 0 Å². The largest absolute Gasteiger partial charge is 0.360 e. The summed E-state index contributed by atoms with van der Waals surface area (Å²) in [6, 6.07) is 0.184. The normalized spacial score (nSPS) is 21.8. The molecule has 0 saturated carbocycles. The second-order valence-corrected chi connectivity index (χ2v) is 3.07. The molecule has 1 aliphatic rings. The minimum absolute atomic E-state index is 0.105. The Kier molecular flexibility index (Phi) is 3.24. The molecule has 6 heteroatoms. The zero-order valence-corrected chi connectivity index (χ0v) is 7.41. The summed E-state index contributed by atoms with van der Waals surface area (Å²) in [5.41, 5.74) is 2.31. The lowest BCUT2D eigenvalue weighted by Gasteiger charge is -2.11. The molecule has 0 aromatic heterocycles. The van der Waals surface area contributed by atoms with Crippen LogP contribution in [0.1, 0.15) is 12.8 Å². The first-order valence-electron chi connectivity index (χ1n) is 3.76. The highest BCUT2D eigenvalue weighted by molar-refractivity contribution is 7.80. The van der Waals surface area contributed by atoms with Crippen LogP contribution in [0, 0.1) is 0 Å². The molecule has 1 unspecified atom stereocenters. The summed E-state index contributed by atoms with van der Waals surface area (Å²) in [5, 5.41) is 6.08. The number of carbonyl (C=O) groups is 1. The fraction of sp³-hybridized carbons (Fsp3) is 0.667. The first-order valence-corrected chi connectivity index (χ1v) is 4.17. The Morgan fingerprint density at radius 1 is 1.83 bits per heavy atom. The van der Waals surface area contributed by atoms with Gasteiger partial charge < -0.3 is 16.1 Å². The molecule has 0 spiro atoms. The van der Waals surface area contributed by atoms with Crippen molar-refractivity contribution >= 4 is 23.2 Å². The van der Waals surface area contributed by atoms with Gasteiger partial charge in [0.25, 0.3) is 0 Å². The lowest BCUT2D eigenvalue weighted by Crippen LogP contribution is -2.45. The third-order valence-electron chi connectivity index (χ3n) is 1.73. The molecule has 1 amide bonds. The summed E-state index contributed by atoms with van der Waals surface area (Å²) < 4.78 is 0. The Bertz CT molecular complexity index is 196. The summed E-state index contributed by atoms with van der Waals surface area (Å²) in [4.78, 5) is 10.8. The van der Waals surface area contributed by atoms with Crippen LogP contribution in [0.4, 0.5) is 0 Å². The van der Waals surface area contributed by atoms with Gasteiger partial charge in [-0.25, -0.2) is 5.84 Å². The molecule has 1 rings (SSSR count). The van der Waals surface area contributed by atoms with Gasteiger partial charge in [0.1, 0.15) is 0 Å². The monoisotopic (exact) mass is 188 g/mol. The lowest BCUT2D eigenvalue weighted by atomic mass is 10.2. The molecule has 1 aliphatic heterocycles. The van der Waals surface area contributed by atoms with Gasteiger partial charge in [-0.1, -0.05) is 0 Å². The minimum Gasteiger partial charge on any atom is -0.360 e. The Labute approximate surface area is 76.0 Å². The Hall–Kier alpha value is -0.880. The van der Waals surface area contributed by atoms with E-state index >= 15 is 0 Å². The van der Waals surface area contributed by atoms with E-state index in [4.69, 9.17) is 18.1 Å². The highest BCUT2D eigenvalue weighted by atomic mass is 32.1. The van der Waals surface area contributed by atoms with Crippen LogP contribution in [0.15, 0.2) is 0 Å². The molecule has 0 aromatic carbocycles. The number of nitrogens with one attached hydrogen (secondary N) is 3. The molecule has 12 heavy (non-hydrogen) atoms. The van der Waals surface area contributed by atoms with Crippen LogP contribution in [-0.4, -0.2) is 23.6 Å². The van der Waals surface area contributed by atoms with Crippen molar-refractivity contribution in [3.8, 4) is 0 Å². The number of hydrogen-bond acceptors (Lipinski definition) is 3. The predicted octanol–water partition coefficient (Wildman–Crippen LogP) is -1.40. The second kappa shape index (κ2) is 4.22. The number of hydrazine groups is 1. The number of rotatable bonds is 2. The standard InChI is InChI=1S/C6H12N4OS/c7-10-6(12)8-3-4-1-2-5(11)9-4/h4H,1-3,7H2,(H,9,11)(H2,8,10,12). The first-order chi connectivity index (χ1) is 5.72. The Morgan fingerprint density at radius 3 is 3.08 bits per heavy atom. The van der Waals surface area contributed by atoms with E-state index in [1.54, 1.807) is 0 Å². The van der Waals surface area contributed by atoms with Crippen LogP contribution in [0.5, 0.6) is 0 Å². The zero-order chi connectivity index (χ0) is 8.97. The maximum Gasteiger partial charge on any atom is 0.220 e. The van der Waals surface area contributed by atoms with Gasteiger partial charge in [-0.05, 0) is 18.6 Å². The van der Waals surface area contributed by atoms with Crippen molar-refractivity contribution in [3.63, 3.8) is 0 Å². The highest BCUT2D eigenvalue weighted by Gasteiger charge is 2.19. The summed E-state index contributed by atoms with van der Waals surface area (Å²) >= 11 is 4.76. The van der Waals surface area contributed by atoms with Gasteiger partial charge in [-0.2, -0.15) is 0 Å². The molecule has 5 N–H and O–H groups in total. The predicted molar refractivity (Wildman–Crippen MR) is 49.1 cm³/mol. The van der Waals surface area contributed by atoms with E-state index in [1.165, 1.54) is 0 Å². The number of amides is 1. The van der Waals surface area contributed by atoms with Gasteiger partial charge in [0.2, 0.25) is 5.91 Å². The SMILES string of the molecule is NNC(=S)NCC1CCC(=O)N1. The van der Waals surface area contributed by atoms with Crippen molar-refractivity contribution in [2.24, 2.45) is 5.84 Å². The maximum absolute atomic E-state index is 10.8. The van der Waals surface area contributed by atoms with E-state index in [-0.39, 0.29) is 11.9 Å². The molecular weight excluding hydrogens is 176 g/mol. The Balaban J connectivity index is 2.16. The minimum atomic E-state index is 0.105. The van der Waals surface area contributed by atoms with Gasteiger partial charge in [0.15, 0.2) is 5.11 Å². The summed E-state index contributed by atoms with van der Waals surface area (Å²) in [6.45, 7) is 0.634. The van der Waals surface area contributed by atoms with Crippen LogP contribution >= 0.6 is 12.2 Å². The topological polar surface area (TPSA) is 79.2 Å². The number of hydrogen-bond donors (Lipinski definition) is 4. The second-order valence-electron chi connectivity index (χ2n) is 2.66. The maximum atomic E-state index is 10.8. The number of thiocarbonyl (C=S) groups is 1. The third kappa shape index (κ3) is 2.63. The lowest BCUT2D eigenvalue weighted by molar-refractivity contribution is -0.119. The quantitative estimate of drug-likeness (QED) is 0.244. The zero-order valence-electron chi connectivity index (χ0n) is 6.59. The fourth-order valence-corrected chi connectivity index (χ4v) is 1.18. The van der Waals surface area contributed by atoms with E-state index in [1.807, 2.05) is 0 Å². The molecule has 5 nitrogen and oxygen atoms in total. The van der Waals surface area contributed by atoms with E-state index in [2.05, 4.69) is 16.1 Å². The smallest absolute Gasteiger partial charge is 0.220 e. The van der Waals surface area contributed by atoms with Crippen LogP contribution in [0.3, 0.4) is 0 Å². The fourth-order valence-electron chi connectivity index (χ4n) is 1.10. The summed E-state index contributed by atoms with van der Waals surface area (Å²) in [5.74, 6) is 5.15. The van der Waals surface area contributed by atoms with E-state index in [9.17, 15) is 4.79 Å². The van der Waals surface area contributed by atoms with Crippen LogP contribution in [0.2, 0.25) is 0 Å². The molecule has 1 fully saturated rings. The average Bonchev–Trinajstić information content (AvgIpc) is 2.47. The molecule has 1 saturated heterocycles. The van der Waals surface area contributed by atoms with Crippen molar-refractivity contribution in [2.75, 3.05) is 6.54 Å². The average molecular weight is 188 g/mol. The molecule has 1 atom stereocenters. The third-order valence-corrected chi connectivity index (χ3v) is 1.99. The van der Waals surface area contributed by atoms with Gasteiger partial charge in [0, 0.05) is 19.0 Å². The molecule has 68 valence electrons. The molecule has 1 heterocycles. The van der Waals surface area contributed by atoms with Crippen LogP contribution in [0.25, 0.3) is 0 Å². The van der Waals surface area contributed by atoms with Crippen molar-refractivity contribution < 1.29 is 4.79 Å². The number of carbonyl (C=O) groups excluding carboxylic acids is 1. The van der Waals surface area contributed by atoms with Crippen LogP contribution < -0.4 is 21.9 Å². The van der Waals surface area contributed by atoms with E-state index in [0.717, 1.165) is 6.42 Å². The Morgan fingerprint density at radius 2 is 2.58 bits per heavy atom. The summed E-state index contributed by atoms with van der Waals surface area (Å²) in [7, 11) is 0. The molecule has 0 radical (unpaired) electrons. The number of nitrogens with two attached hydrogens (primary N) is 1. The van der Waals surface area contributed by atoms with Gasteiger partial charge in [-0.3, -0.25) is 4.79 Å². The molecule has 0 aromatic rings. The first kappa shape index (κ1) is 9.21. The van der Waals surface area contributed by atoms with Gasteiger partial charge >= 0.3 is 0 Å².